The molecule has 448 valence electrons. The van der Waals surface area contributed by atoms with E-state index in [0.717, 1.165) is 109 Å². The van der Waals surface area contributed by atoms with Gasteiger partial charge in [0.05, 0.1) is 0 Å². The molecule has 1 unspecified atom stereocenters. The van der Waals surface area contributed by atoms with Gasteiger partial charge in [0.15, 0.2) is 6.10 Å². The molecule has 6 nitrogen and oxygen atoms in total. The third kappa shape index (κ3) is 64.3. The Morgan fingerprint density at radius 1 is 0.266 bits per heavy atom. The number of rotatable bonds is 58. The van der Waals surface area contributed by atoms with Crippen LogP contribution in [0.5, 0.6) is 0 Å². The molecule has 0 aliphatic rings. The minimum atomic E-state index is -0.835. The fourth-order valence-electron chi connectivity index (χ4n) is 8.81. The van der Waals surface area contributed by atoms with Crippen LogP contribution in [0.1, 0.15) is 290 Å². The van der Waals surface area contributed by atoms with Crippen LogP contribution in [-0.4, -0.2) is 37.2 Å². The highest BCUT2D eigenvalue weighted by Gasteiger charge is 2.19. The van der Waals surface area contributed by atoms with Gasteiger partial charge in [0.2, 0.25) is 0 Å². The molecule has 79 heavy (non-hydrogen) atoms. The fourth-order valence-corrected chi connectivity index (χ4v) is 8.81. The Balaban J connectivity index is 4.35. The van der Waals surface area contributed by atoms with E-state index in [4.69, 9.17) is 14.2 Å². The van der Waals surface area contributed by atoms with Crippen molar-refractivity contribution in [3.8, 4) is 0 Å². The summed E-state index contributed by atoms with van der Waals surface area (Å²) in [7, 11) is 0. The zero-order chi connectivity index (χ0) is 57.1. The second-order valence-corrected chi connectivity index (χ2v) is 21.3. The topological polar surface area (TPSA) is 78.9 Å². The number of carbonyl (C=O) groups is 3. The first-order valence-corrected chi connectivity index (χ1v) is 32.7. The smallest absolute Gasteiger partial charge is 0.306 e. The van der Waals surface area contributed by atoms with E-state index in [1.807, 2.05) is 12.2 Å². The zero-order valence-corrected chi connectivity index (χ0v) is 51.3. The first kappa shape index (κ1) is 74.5. The number of allylic oxidation sites excluding steroid dienone is 22. The highest BCUT2D eigenvalue weighted by atomic mass is 16.6. The average molecular weight is 1090 g/mol. The lowest BCUT2D eigenvalue weighted by atomic mass is 10.0. The standard InChI is InChI=1S/C73H120O6/c1-4-7-10-13-16-19-22-25-27-29-31-32-33-34-35-36-37-38-39-40-42-43-45-48-51-54-57-60-63-66-72(75)78-69-70(68-77-71(74)65-62-59-56-53-50-47-24-21-18-15-12-9-6-3)79-73(76)67-64-61-58-55-52-49-46-44-41-30-28-26-23-20-17-14-11-8-5-2/h8-9,11-12,17-18,20-22,25-26,28-29,31,41,44,47,49-50,52,58,61,70H,4-7,10,13-16,19,23-24,27,30,32-40,42-43,45-46,48,51,53-57,59-60,62-69H2,1-3H3/b11-8-,12-9-,20-17-,21-18-,25-22-,28-26-,31-29-,44-41-,50-47-,52-49-,61-58-. The van der Waals surface area contributed by atoms with Crippen LogP contribution in [0.25, 0.3) is 0 Å². The van der Waals surface area contributed by atoms with Gasteiger partial charge in [0.25, 0.3) is 0 Å². The monoisotopic (exact) mass is 1090 g/mol. The summed E-state index contributed by atoms with van der Waals surface area (Å²) in [5.74, 6) is -1.03. The molecule has 0 aromatic carbocycles. The quantitative estimate of drug-likeness (QED) is 0.0261. The molecule has 0 spiro atoms. The van der Waals surface area contributed by atoms with E-state index in [1.54, 1.807) is 0 Å². The Morgan fingerprint density at radius 3 is 0.835 bits per heavy atom. The maximum Gasteiger partial charge on any atom is 0.306 e. The summed E-state index contributed by atoms with van der Waals surface area (Å²) in [5, 5.41) is 0. The summed E-state index contributed by atoms with van der Waals surface area (Å²) in [5.41, 5.74) is 0. The van der Waals surface area contributed by atoms with Gasteiger partial charge < -0.3 is 14.2 Å². The van der Waals surface area contributed by atoms with Crippen molar-refractivity contribution in [3.05, 3.63) is 134 Å². The molecule has 0 rings (SSSR count). The van der Waals surface area contributed by atoms with E-state index in [9.17, 15) is 14.4 Å². The number of ether oxygens (including phenoxy) is 3. The van der Waals surface area contributed by atoms with E-state index in [1.165, 1.54) is 135 Å². The van der Waals surface area contributed by atoms with Crippen molar-refractivity contribution >= 4 is 17.9 Å². The molecular weight excluding hydrogens is 973 g/mol. The van der Waals surface area contributed by atoms with E-state index >= 15 is 0 Å². The molecular formula is C73H120O6. The van der Waals surface area contributed by atoms with Crippen LogP contribution in [-0.2, 0) is 28.6 Å². The summed E-state index contributed by atoms with van der Waals surface area (Å²) >= 11 is 0. The second kappa shape index (κ2) is 66.1. The molecule has 0 N–H and O–H groups in total. The van der Waals surface area contributed by atoms with Crippen LogP contribution >= 0.6 is 0 Å². The third-order valence-electron chi connectivity index (χ3n) is 13.6. The van der Waals surface area contributed by atoms with Gasteiger partial charge in [0, 0.05) is 19.3 Å². The minimum absolute atomic E-state index is 0.120. The van der Waals surface area contributed by atoms with Crippen LogP contribution in [0.3, 0.4) is 0 Å². The van der Waals surface area contributed by atoms with Crippen molar-refractivity contribution in [1.29, 1.82) is 0 Å². The molecule has 0 radical (unpaired) electrons. The van der Waals surface area contributed by atoms with Gasteiger partial charge in [-0.3, -0.25) is 14.4 Å². The summed E-state index contributed by atoms with van der Waals surface area (Å²) in [6, 6.07) is 0. The molecule has 0 aliphatic heterocycles. The van der Waals surface area contributed by atoms with E-state index in [-0.39, 0.29) is 31.6 Å². The molecule has 0 amide bonds. The van der Waals surface area contributed by atoms with Gasteiger partial charge >= 0.3 is 17.9 Å². The third-order valence-corrected chi connectivity index (χ3v) is 13.6. The molecule has 6 heteroatoms. The molecule has 0 aliphatic carbocycles. The second-order valence-electron chi connectivity index (χ2n) is 21.3. The summed E-state index contributed by atoms with van der Waals surface area (Å²) in [6.07, 6.45) is 93.5. The SMILES string of the molecule is CC/C=C\C/C=C\C/C=C\C/C=C\C/C=C\C/C=C\CCC(=O)OC(COC(=O)CCCCC/C=C\C/C=C\C/C=C\CC)COC(=O)CCCCCCCCCCCCCCCCCCC/C=C\C/C=C\CCCCCCC. The normalized spacial score (nSPS) is 13.0. The van der Waals surface area contributed by atoms with Crippen LogP contribution in [0.2, 0.25) is 0 Å². The lowest BCUT2D eigenvalue weighted by molar-refractivity contribution is -0.166. The van der Waals surface area contributed by atoms with Gasteiger partial charge in [-0.15, -0.1) is 0 Å². The van der Waals surface area contributed by atoms with Gasteiger partial charge in [-0.1, -0.05) is 283 Å². The van der Waals surface area contributed by atoms with Crippen LogP contribution in [0.15, 0.2) is 134 Å². The largest absolute Gasteiger partial charge is 0.462 e. The number of hydrogen-bond acceptors (Lipinski definition) is 6. The van der Waals surface area contributed by atoms with Crippen molar-refractivity contribution in [2.75, 3.05) is 13.2 Å². The van der Waals surface area contributed by atoms with E-state index in [2.05, 4.69) is 142 Å². The summed E-state index contributed by atoms with van der Waals surface area (Å²) in [6.45, 7) is 6.32. The first-order valence-electron chi connectivity index (χ1n) is 32.7. The number of hydrogen-bond donors (Lipinski definition) is 0. The maximum absolute atomic E-state index is 12.9. The van der Waals surface area contributed by atoms with Crippen LogP contribution in [0, 0.1) is 0 Å². The van der Waals surface area contributed by atoms with Crippen molar-refractivity contribution < 1.29 is 28.6 Å². The Bertz CT molecular complexity index is 1680. The highest BCUT2D eigenvalue weighted by molar-refractivity contribution is 5.71. The van der Waals surface area contributed by atoms with Gasteiger partial charge in [-0.2, -0.15) is 0 Å². The molecule has 0 bridgehead atoms. The first-order chi connectivity index (χ1) is 39.0. The molecule has 0 heterocycles. The molecule has 0 fully saturated rings. The molecule has 0 aromatic rings. The zero-order valence-electron chi connectivity index (χ0n) is 51.3. The lowest BCUT2D eigenvalue weighted by Gasteiger charge is -2.18. The predicted octanol–water partition coefficient (Wildman–Crippen LogP) is 22.5. The summed E-state index contributed by atoms with van der Waals surface area (Å²) < 4.78 is 16.8. The van der Waals surface area contributed by atoms with Gasteiger partial charge in [-0.05, 0) is 122 Å². The molecule has 0 saturated carbocycles. The Hall–Kier alpha value is -4.45. The van der Waals surface area contributed by atoms with Crippen LogP contribution in [0.4, 0.5) is 0 Å². The maximum atomic E-state index is 12.9. The average Bonchev–Trinajstić information content (AvgIpc) is 3.45. The Kier molecular flexibility index (Phi) is 62.3. The lowest BCUT2D eigenvalue weighted by Crippen LogP contribution is -2.30. The Morgan fingerprint density at radius 2 is 0.519 bits per heavy atom. The van der Waals surface area contributed by atoms with E-state index in [0.29, 0.717) is 19.3 Å². The molecule has 1 atom stereocenters. The van der Waals surface area contributed by atoms with Crippen molar-refractivity contribution in [2.45, 2.75) is 297 Å². The highest BCUT2D eigenvalue weighted by Crippen LogP contribution is 2.16. The van der Waals surface area contributed by atoms with Crippen LogP contribution < -0.4 is 0 Å². The van der Waals surface area contributed by atoms with Gasteiger partial charge in [0.1, 0.15) is 13.2 Å². The predicted molar refractivity (Wildman–Crippen MR) is 343 cm³/mol. The van der Waals surface area contributed by atoms with Crippen molar-refractivity contribution in [1.82, 2.24) is 0 Å². The van der Waals surface area contributed by atoms with E-state index < -0.39 is 12.1 Å². The van der Waals surface area contributed by atoms with Gasteiger partial charge in [-0.25, -0.2) is 0 Å². The molecule has 0 aromatic heterocycles. The number of unbranched alkanes of at least 4 members (excludes halogenated alkanes) is 25. The number of carbonyl (C=O) groups excluding carboxylic acids is 3. The number of esters is 3. The fraction of sp³-hybridized carbons (Fsp3) is 0.658. The van der Waals surface area contributed by atoms with Crippen molar-refractivity contribution in [3.63, 3.8) is 0 Å². The summed E-state index contributed by atoms with van der Waals surface area (Å²) in [4.78, 5) is 38.2. The molecule has 0 saturated heterocycles. The Labute approximate surface area is 487 Å². The van der Waals surface area contributed by atoms with Crippen molar-refractivity contribution in [2.24, 2.45) is 0 Å². The minimum Gasteiger partial charge on any atom is -0.462 e.